The largest absolute Gasteiger partial charge is 0.332 e. The Morgan fingerprint density at radius 1 is 0.826 bits per heavy atom. The molecular formula is C18H21BrF4. The quantitative estimate of drug-likeness (QED) is 0.388. The Bertz CT molecular complexity index is 530. The molecule has 1 aromatic rings. The van der Waals surface area contributed by atoms with Gasteiger partial charge in [0, 0.05) is 0 Å². The minimum atomic E-state index is -3.68. The SMILES string of the molecule is Fc1cc(C2CCC(C3CCCC3)CC2)cc(F)c1C(F)(F)Br. The Balaban J connectivity index is 1.71. The van der Waals surface area contributed by atoms with E-state index in [4.69, 9.17) is 0 Å². The third-order valence-corrected chi connectivity index (χ3v) is 6.05. The fraction of sp³-hybridized carbons (Fsp3) is 0.667. The van der Waals surface area contributed by atoms with Gasteiger partial charge in [0.05, 0.1) is 0 Å². The van der Waals surface area contributed by atoms with Gasteiger partial charge in [-0.2, -0.15) is 8.78 Å². The van der Waals surface area contributed by atoms with Crippen LogP contribution in [0, 0.1) is 23.5 Å². The number of hydrogen-bond donors (Lipinski definition) is 0. The monoisotopic (exact) mass is 392 g/mol. The van der Waals surface area contributed by atoms with E-state index in [-0.39, 0.29) is 5.92 Å². The summed E-state index contributed by atoms with van der Waals surface area (Å²) in [6.45, 7) is 0. The summed E-state index contributed by atoms with van der Waals surface area (Å²) in [5, 5.41) is 0. The Morgan fingerprint density at radius 2 is 1.30 bits per heavy atom. The number of hydrogen-bond acceptors (Lipinski definition) is 0. The average Bonchev–Trinajstić information content (AvgIpc) is 2.99. The topological polar surface area (TPSA) is 0 Å². The molecule has 0 bridgehead atoms. The molecule has 2 fully saturated rings. The van der Waals surface area contributed by atoms with Gasteiger partial charge in [0.1, 0.15) is 17.2 Å². The molecule has 1 aromatic carbocycles. The molecule has 0 aliphatic heterocycles. The van der Waals surface area contributed by atoms with Crippen molar-refractivity contribution in [1.82, 2.24) is 0 Å². The van der Waals surface area contributed by atoms with E-state index in [1.165, 1.54) is 25.7 Å². The molecule has 0 spiro atoms. The fourth-order valence-electron chi connectivity index (χ4n) is 4.45. The normalized spacial score (nSPS) is 26.7. The van der Waals surface area contributed by atoms with Crippen LogP contribution in [0.2, 0.25) is 0 Å². The standard InChI is InChI=1S/C18H21BrF4/c19-18(22,23)17-15(20)9-14(10-16(17)21)13-7-5-12(6-8-13)11-3-1-2-4-11/h9-13H,1-8H2. The second kappa shape index (κ2) is 6.73. The van der Waals surface area contributed by atoms with Gasteiger partial charge in [0.15, 0.2) is 0 Å². The summed E-state index contributed by atoms with van der Waals surface area (Å²) in [7, 11) is 0. The first-order valence-corrected chi connectivity index (χ1v) is 9.21. The van der Waals surface area contributed by atoms with Crippen LogP contribution in [0.3, 0.4) is 0 Å². The van der Waals surface area contributed by atoms with Gasteiger partial charge >= 0.3 is 4.83 Å². The fourth-order valence-corrected chi connectivity index (χ4v) is 4.83. The van der Waals surface area contributed by atoms with Crippen LogP contribution in [0.1, 0.15) is 68.4 Å². The van der Waals surface area contributed by atoms with Crippen molar-refractivity contribution in [2.24, 2.45) is 11.8 Å². The molecule has 0 aromatic heterocycles. The van der Waals surface area contributed by atoms with Gasteiger partial charge < -0.3 is 0 Å². The van der Waals surface area contributed by atoms with Crippen molar-refractivity contribution >= 4 is 15.9 Å². The zero-order valence-electron chi connectivity index (χ0n) is 12.9. The van der Waals surface area contributed by atoms with Crippen molar-refractivity contribution < 1.29 is 17.6 Å². The van der Waals surface area contributed by atoms with E-state index in [9.17, 15) is 17.6 Å². The van der Waals surface area contributed by atoms with Crippen molar-refractivity contribution in [3.8, 4) is 0 Å². The second-order valence-electron chi connectivity index (χ2n) is 7.01. The molecule has 3 rings (SSSR count). The van der Waals surface area contributed by atoms with Crippen molar-refractivity contribution in [2.75, 3.05) is 0 Å². The van der Waals surface area contributed by atoms with E-state index in [2.05, 4.69) is 0 Å². The molecule has 0 amide bonds. The maximum absolute atomic E-state index is 13.9. The van der Waals surface area contributed by atoms with Gasteiger partial charge in [-0.3, -0.25) is 0 Å². The zero-order chi connectivity index (χ0) is 16.6. The van der Waals surface area contributed by atoms with Crippen LogP contribution in [-0.4, -0.2) is 0 Å². The van der Waals surface area contributed by atoms with E-state index in [0.717, 1.165) is 49.7 Å². The van der Waals surface area contributed by atoms with Gasteiger partial charge in [-0.15, -0.1) is 0 Å². The maximum Gasteiger partial charge on any atom is 0.332 e. The number of rotatable bonds is 3. The molecule has 0 radical (unpaired) electrons. The first kappa shape index (κ1) is 17.2. The minimum absolute atomic E-state index is 0.0784. The van der Waals surface area contributed by atoms with Crippen molar-refractivity contribution in [2.45, 2.75) is 62.1 Å². The van der Waals surface area contributed by atoms with E-state index in [1.807, 2.05) is 15.9 Å². The van der Waals surface area contributed by atoms with E-state index in [1.54, 1.807) is 0 Å². The molecule has 0 nitrogen and oxygen atoms in total. The summed E-state index contributed by atoms with van der Waals surface area (Å²) >= 11 is 2.04. The van der Waals surface area contributed by atoms with Crippen LogP contribution in [0.4, 0.5) is 17.6 Å². The van der Waals surface area contributed by atoms with Crippen LogP contribution < -0.4 is 0 Å². The molecule has 0 N–H and O–H groups in total. The predicted octanol–water partition coefficient (Wildman–Crippen LogP) is 6.87. The van der Waals surface area contributed by atoms with Gasteiger partial charge in [-0.1, -0.05) is 25.7 Å². The molecule has 0 saturated heterocycles. The smallest absolute Gasteiger partial charge is 0.206 e. The minimum Gasteiger partial charge on any atom is -0.206 e. The molecule has 2 aliphatic carbocycles. The Labute approximate surface area is 142 Å². The Morgan fingerprint density at radius 3 is 1.78 bits per heavy atom. The first-order chi connectivity index (χ1) is 10.9. The lowest BCUT2D eigenvalue weighted by atomic mass is 9.73. The molecule has 2 aliphatic rings. The maximum atomic E-state index is 13.9. The Hall–Kier alpha value is -0.580. The lowest BCUT2D eigenvalue weighted by Crippen LogP contribution is -2.20. The number of halogens is 5. The van der Waals surface area contributed by atoms with Gasteiger partial charge in [-0.25, -0.2) is 8.78 Å². The molecule has 128 valence electrons. The summed E-state index contributed by atoms with van der Waals surface area (Å²) in [5.41, 5.74) is -0.675. The van der Waals surface area contributed by atoms with Crippen LogP contribution in [0.5, 0.6) is 0 Å². The van der Waals surface area contributed by atoms with E-state index in [0.29, 0.717) is 5.56 Å². The lowest BCUT2D eigenvalue weighted by Gasteiger charge is -2.32. The molecular weight excluding hydrogens is 372 g/mol. The highest BCUT2D eigenvalue weighted by atomic mass is 79.9. The summed E-state index contributed by atoms with van der Waals surface area (Å²) < 4.78 is 54.3. The van der Waals surface area contributed by atoms with Crippen LogP contribution in [0.15, 0.2) is 12.1 Å². The second-order valence-corrected chi connectivity index (χ2v) is 8.01. The highest BCUT2D eigenvalue weighted by molar-refractivity contribution is 9.09. The molecule has 0 atom stereocenters. The van der Waals surface area contributed by atoms with Gasteiger partial charge in [-0.05, 0) is 77.1 Å². The summed E-state index contributed by atoms with van der Waals surface area (Å²) in [5.74, 6) is -0.706. The molecule has 23 heavy (non-hydrogen) atoms. The lowest BCUT2D eigenvalue weighted by molar-refractivity contribution is 0.105. The molecule has 2 saturated carbocycles. The first-order valence-electron chi connectivity index (χ1n) is 8.42. The highest BCUT2D eigenvalue weighted by Crippen LogP contribution is 2.45. The molecule has 0 heterocycles. The van der Waals surface area contributed by atoms with Crippen molar-refractivity contribution in [1.29, 1.82) is 0 Å². The van der Waals surface area contributed by atoms with Crippen molar-refractivity contribution in [3.63, 3.8) is 0 Å². The van der Waals surface area contributed by atoms with Crippen LogP contribution in [-0.2, 0) is 4.83 Å². The third kappa shape index (κ3) is 3.75. The van der Waals surface area contributed by atoms with Gasteiger partial charge in [0.2, 0.25) is 0 Å². The van der Waals surface area contributed by atoms with Crippen LogP contribution in [0.25, 0.3) is 0 Å². The average molecular weight is 393 g/mol. The van der Waals surface area contributed by atoms with Gasteiger partial charge in [0.25, 0.3) is 0 Å². The number of benzene rings is 1. The predicted molar refractivity (Wildman–Crippen MR) is 85.8 cm³/mol. The summed E-state index contributed by atoms with van der Waals surface area (Å²) in [6.07, 6.45) is 9.21. The molecule has 0 unspecified atom stereocenters. The third-order valence-electron chi connectivity index (χ3n) is 5.66. The molecule has 5 heteroatoms. The Kier molecular flexibility index (Phi) is 5.05. The highest BCUT2D eigenvalue weighted by Gasteiger charge is 2.36. The zero-order valence-corrected chi connectivity index (χ0v) is 14.5. The summed E-state index contributed by atoms with van der Waals surface area (Å²) in [6, 6.07) is 2.18. The summed E-state index contributed by atoms with van der Waals surface area (Å²) in [4.78, 5) is -3.68. The number of alkyl halides is 3. The van der Waals surface area contributed by atoms with Crippen LogP contribution >= 0.6 is 15.9 Å². The van der Waals surface area contributed by atoms with E-state index < -0.39 is 22.0 Å². The van der Waals surface area contributed by atoms with Crippen molar-refractivity contribution in [3.05, 3.63) is 34.9 Å². The van der Waals surface area contributed by atoms with E-state index >= 15 is 0 Å².